The first kappa shape index (κ1) is 8.25. The lowest BCUT2D eigenvalue weighted by Crippen LogP contribution is -2.00. The first-order valence-electron chi connectivity index (χ1n) is 3.70. The molecule has 0 bridgehead atoms. The van der Waals surface area contributed by atoms with Gasteiger partial charge in [-0.2, -0.15) is 0 Å². The van der Waals surface area contributed by atoms with Crippen molar-refractivity contribution >= 4 is 21.6 Å². The van der Waals surface area contributed by atoms with E-state index < -0.39 is 0 Å². The van der Waals surface area contributed by atoms with E-state index in [1.54, 1.807) is 17.1 Å². The van der Waals surface area contributed by atoms with Crippen LogP contribution in [0.4, 0.5) is 5.69 Å². The number of aromatic nitrogens is 3. The lowest BCUT2D eigenvalue weighted by atomic mass is 10.3. The molecule has 1 aromatic heterocycles. The van der Waals surface area contributed by atoms with Crippen molar-refractivity contribution in [2.75, 3.05) is 5.73 Å². The van der Waals surface area contributed by atoms with Crippen molar-refractivity contribution in [1.82, 2.24) is 15.0 Å². The average molecular weight is 239 g/mol. The van der Waals surface area contributed by atoms with Crippen LogP contribution in [0.25, 0.3) is 5.69 Å². The van der Waals surface area contributed by atoms with Crippen molar-refractivity contribution < 1.29 is 0 Å². The number of hydrogen-bond donors (Lipinski definition) is 1. The van der Waals surface area contributed by atoms with Crippen LogP contribution in [0.3, 0.4) is 0 Å². The summed E-state index contributed by atoms with van der Waals surface area (Å²) in [6.07, 6.45) is 3.36. The summed E-state index contributed by atoms with van der Waals surface area (Å²) >= 11 is 3.35. The molecule has 2 rings (SSSR count). The van der Waals surface area contributed by atoms with Gasteiger partial charge in [0.1, 0.15) is 0 Å². The molecule has 0 fully saturated rings. The summed E-state index contributed by atoms with van der Waals surface area (Å²) in [6.45, 7) is 0. The Hall–Kier alpha value is -1.36. The van der Waals surface area contributed by atoms with E-state index in [-0.39, 0.29) is 0 Å². The molecule has 2 aromatic rings. The zero-order valence-electron chi connectivity index (χ0n) is 6.68. The molecular weight excluding hydrogens is 232 g/mol. The van der Waals surface area contributed by atoms with Gasteiger partial charge in [-0.25, -0.2) is 4.68 Å². The number of para-hydroxylation sites is 1. The number of anilines is 1. The summed E-state index contributed by atoms with van der Waals surface area (Å²) in [6, 6.07) is 5.67. The van der Waals surface area contributed by atoms with Crippen LogP contribution in [-0.4, -0.2) is 15.0 Å². The minimum Gasteiger partial charge on any atom is -0.396 e. The van der Waals surface area contributed by atoms with Gasteiger partial charge in [0.15, 0.2) is 0 Å². The van der Waals surface area contributed by atoms with E-state index in [1.807, 2.05) is 18.2 Å². The normalized spacial score (nSPS) is 10.2. The first-order valence-corrected chi connectivity index (χ1v) is 4.49. The Labute approximate surface area is 83.5 Å². The fourth-order valence-electron chi connectivity index (χ4n) is 1.06. The molecule has 0 aliphatic rings. The van der Waals surface area contributed by atoms with E-state index in [0.29, 0.717) is 5.69 Å². The van der Waals surface area contributed by atoms with Crippen LogP contribution in [0.2, 0.25) is 0 Å². The van der Waals surface area contributed by atoms with E-state index in [1.165, 1.54) is 0 Å². The van der Waals surface area contributed by atoms with Gasteiger partial charge in [-0.15, -0.1) is 5.10 Å². The second-order valence-corrected chi connectivity index (χ2v) is 3.37. The molecule has 0 atom stereocenters. The zero-order valence-corrected chi connectivity index (χ0v) is 8.27. The minimum atomic E-state index is 0.660. The maximum atomic E-state index is 5.84. The summed E-state index contributed by atoms with van der Waals surface area (Å²) in [7, 11) is 0. The van der Waals surface area contributed by atoms with E-state index in [9.17, 15) is 0 Å². The Kier molecular flexibility index (Phi) is 2.02. The molecule has 0 saturated heterocycles. The molecule has 0 aliphatic heterocycles. The second-order valence-electron chi connectivity index (χ2n) is 2.52. The summed E-state index contributed by atoms with van der Waals surface area (Å²) in [5, 5.41) is 7.57. The monoisotopic (exact) mass is 238 g/mol. The summed E-state index contributed by atoms with van der Waals surface area (Å²) < 4.78 is 2.49. The Bertz CT molecular complexity index is 410. The van der Waals surface area contributed by atoms with Gasteiger partial charge in [-0.3, -0.25) is 0 Å². The molecule has 4 nitrogen and oxygen atoms in total. The maximum absolute atomic E-state index is 5.84. The second kappa shape index (κ2) is 3.18. The third-order valence-electron chi connectivity index (χ3n) is 1.70. The molecule has 0 unspecified atom stereocenters. The highest BCUT2D eigenvalue weighted by atomic mass is 79.9. The van der Waals surface area contributed by atoms with Crippen molar-refractivity contribution in [3.05, 3.63) is 35.1 Å². The molecule has 0 saturated carbocycles. The average Bonchev–Trinajstić information content (AvgIpc) is 2.62. The highest BCUT2D eigenvalue weighted by Gasteiger charge is 2.04. The molecule has 5 heteroatoms. The Morgan fingerprint density at radius 1 is 1.38 bits per heavy atom. The van der Waals surface area contributed by atoms with E-state index in [4.69, 9.17) is 5.73 Å². The van der Waals surface area contributed by atoms with Crippen molar-refractivity contribution in [1.29, 1.82) is 0 Å². The van der Waals surface area contributed by atoms with Crippen molar-refractivity contribution in [3.8, 4) is 5.69 Å². The Morgan fingerprint density at radius 3 is 2.92 bits per heavy atom. The lowest BCUT2D eigenvalue weighted by molar-refractivity contribution is 0.804. The molecule has 0 radical (unpaired) electrons. The summed E-state index contributed by atoms with van der Waals surface area (Å²) in [4.78, 5) is 0. The fourth-order valence-corrected chi connectivity index (χ4v) is 1.42. The van der Waals surface area contributed by atoms with Crippen LogP contribution in [0.1, 0.15) is 0 Å². The van der Waals surface area contributed by atoms with E-state index in [0.717, 1.165) is 10.2 Å². The zero-order chi connectivity index (χ0) is 9.26. The van der Waals surface area contributed by atoms with Gasteiger partial charge in [-0.05, 0) is 28.1 Å². The number of nitrogens with zero attached hydrogens (tertiary/aromatic N) is 3. The van der Waals surface area contributed by atoms with Gasteiger partial charge >= 0.3 is 0 Å². The predicted molar refractivity (Wildman–Crippen MR) is 53.5 cm³/mol. The Balaban J connectivity index is 2.59. The van der Waals surface area contributed by atoms with Crippen LogP contribution in [0.15, 0.2) is 35.1 Å². The molecule has 0 spiro atoms. The van der Waals surface area contributed by atoms with Gasteiger partial charge in [0.25, 0.3) is 0 Å². The van der Waals surface area contributed by atoms with Crippen molar-refractivity contribution in [2.24, 2.45) is 0 Å². The largest absolute Gasteiger partial charge is 0.396 e. The van der Waals surface area contributed by atoms with Gasteiger partial charge in [0.05, 0.1) is 23.8 Å². The van der Waals surface area contributed by atoms with Gasteiger partial charge in [0.2, 0.25) is 0 Å². The molecule has 0 aliphatic carbocycles. The quantitative estimate of drug-likeness (QED) is 0.769. The van der Waals surface area contributed by atoms with Crippen LogP contribution >= 0.6 is 15.9 Å². The maximum Gasteiger partial charge on any atom is 0.0904 e. The van der Waals surface area contributed by atoms with Gasteiger partial charge in [-0.1, -0.05) is 11.3 Å². The highest BCUT2D eigenvalue weighted by Crippen LogP contribution is 2.24. The summed E-state index contributed by atoms with van der Waals surface area (Å²) in [5.74, 6) is 0. The van der Waals surface area contributed by atoms with Gasteiger partial charge in [0, 0.05) is 4.47 Å². The van der Waals surface area contributed by atoms with Gasteiger partial charge < -0.3 is 5.73 Å². The van der Waals surface area contributed by atoms with Crippen molar-refractivity contribution in [3.63, 3.8) is 0 Å². The number of rotatable bonds is 1. The topological polar surface area (TPSA) is 56.7 Å². The molecule has 1 heterocycles. The minimum absolute atomic E-state index is 0.660. The molecule has 2 N–H and O–H groups in total. The third kappa shape index (κ3) is 1.42. The van der Waals surface area contributed by atoms with Crippen LogP contribution in [0.5, 0.6) is 0 Å². The SMILES string of the molecule is Nc1c(Br)cccc1-n1ccnn1. The first-order chi connectivity index (χ1) is 6.29. The number of halogens is 1. The fraction of sp³-hybridized carbons (Fsp3) is 0. The number of nitrogens with two attached hydrogens (primary N) is 1. The van der Waals surface area contributed by atoms with Crippen molar-refractivity contribution in [2.45, 2.75) is 0 Å². The number of benzene rings is 1. The smallest absolute Gasteiger partial charge is 0.0904 e. The summed E-state index contributed by atoms with van der Waals surface area (Å²) in [5.41, 5.74) is 7.32. The number of hydrogen-bond acceptors (Lipinski definition) is 3. The predicted octanol–water partition coefficient (Wildman–Crippen LogP) is 1.61. The highest BCUT2D eigenvalue weighted by molar-refractivity contribution is 9.10. The van der Waals surface area contributed by atoms with E-state index in [2.05, 4.69) is 26.2 Å². The molecule has 0 amide bonds. The lowest BCUT2D eigenvalue weighted by Gasteiger charge is -2.05. The third-order valence-corrected chi connectivity index (χ3v) is 2.39. The van der Waals surface area contributed by atoms with E-state index >= 15 is 0 Å². The van der Waals surface area contributed by atoms with Crippen LogP contribution in [-0.2, 0) is 0 Å². The molecular formula is C8H7BrN4. The molecule has 1 aromatic carbocycles. The molecule has 66 valence electrons. The molecule has 13 heavy (non-hydrogen) atoms. The number of nitrogen functional groups attached to an aromatic ring is 1. The Morgan fingerprint density at radius 2 is 2.23 bits per heavy atom. The van der Waals surface area contributed by atoms with Crippen LogP contribution in [0, 0.1) is 0 Å². The standard InChI is InChI=1S/C8H7BrN4/c9-6-2-1-3-7(8(6)10)13-5-4-11-12-13/h1-5H,10H2. The van der Waals surface area contributed by atoms with Crippen LogP contribution < -0.4 is 5.73 Å².